The fourth-order valence-corrected chi connectivity index (χ4v) is 6.46. The first-order chi connectivity index (χ1) is 20.1. The molecule has 3 saturated heterocycles. The number of nitrogens with zero attached hydrogens (tertiary/aromatic N) is 2. The fourth-order valence-electron chi connectivity index (χ4n) is 6.46. The van der Waals surface area contributed by atoms with E-state index in [1.807, 2.05) is 54.6 Å². The molecule has 0 saturated carbocycles. The number of carbonyl (C=O) groups is 1. The standard InChI is InChI=1S/C34H41N3O4/c38-24-25-13-15-26(16-14-25)32-21-31(23-37-19-7-12-30(37)22-36-17-4-5-18-36)40-34(41-32)28-10-6-11-29(20-28)35-33(39)27-8-2-1-3-9-27/h1-3,6,8-11,13-16,20,30-32,34,38H,4-5,7,12,17-19,21-24H2,(H,35,39). The van der Waals surface area contributed by atoms with Gasteiger partial charge in [-0.3, -0.25) is 9.69 Å². The average molecular weight is 556 g/mol. The van der Waals surface area contributed by atoms with Crippen LogP contribution in [0.3, 0.4) is 0 Å². The van der Waals surface area contributed by atoms with E-state index in [9.17, 15) is 9.90 Å². The van der Waals surface area contributed by atoms with Gasteiger partial charge in [-0.15, -0.1) is 0 Å². The van der Waals surface area contributed by atoms with Crippen molar-refractivity contribution in [3.05, 3.63) is 101 Å². The molecule has 3 fully saturated rings. The second-order valence-electron chi connectivity index (χ2n) is 11.6. The van der Waals surface area contributed by atoms with E-state index in [0.717, 1.165) is 42.7 Å². The Labute approximate surface area is 243 Å². The lowest BCUT2D eigenvalue weighted by molar-refractivity contribution is -0.253. The summed E-state index contributed by atoms with van der Waals surface area (Å²) in [5, 5.41) is 12.5. The SMILES string of the molecule is O=C(Nc1cccc(C2OC(CN3CCCC3CN3CCCC3)CC(c3ccc(CO)cc3)O2)c1)c1ccccc1. The van der Waals surface area contributed by atoms with Crippen LogP contribution < -0.4 is 5.32 Å². The monoisotopic (exact) mass is 555 g/mol. The highest BCUT2D eigenvalue weighted by Gasteiger charge is 2.36. The van der Waals surface area contributed by atoms with E-state index in [1.54, 1.807) is 12.1 Å². The zero-order valence-corrected chi connectivity index (χ0v) is 23.7. The Kier molecular flexibility index (Phi) is 9.09. The van der Waals surface area contributed by atoms with Crippen LogP contribution in [0.25, 0.3) is 0 Å². The maximum Gasteiger partial charge on any atom is 0.255 e. The van der Waals surface area contributed by atoms with Crippen LogP contribution in [0.15, 0.2) is 78.9 Å². The zero-order chi connectivity index (χ0) is 28.0. The van der Waals surface area contributed by atoms with E-state index in [0.29, 0.717) is 17.3 Å². The predicted octanol–water partition coefficient (Wildman–Crippen LogP) is 5.54. The Hall–Kier alpha value is -3.07. The minimum Gasteiger partial charge on any atom is -0.392 e. The van der Waals surface area contributed by atoms with Crippen LogP contribution in [0.5, 0.6) is 0 Å². The number of benzene rings is 3. The van der Waals surface area contributed by atoms with E-state index < -0.39 is 6.29 Å². The molecular formula is C34H41N3O4. The van der Waals surface area contributed by atoms with Crippen molar-refractivity contribution in [2.75, 3.05) is 38.0 Å². The van der Waals surface area contributed by atoms with Gasteiger partial charge in [0.1, 0.15) is 0 Å². The number of likely N-dealkylation sites (tertiary alicyclic amines) is 2. The Bertz CT molecular complexity index is 1280. The van der Waals surface area contributed by atoms with Gasteiger partial charge in [0.05, 0.1) is 18.8 Å². The van der Waals surface area contributed by atoms with E-state index in [2.05, 4.69) is 27.2 Å². The number of rotatable bonds is 9. The zero-order valence-electron chi connectivity index (χ0n) is 23.7. The van der Waals surface area contributed by atoms with Crippen LogP contribution in [-0.4, -0.2) is 65.7 Å². The Balaban J connectivity index is 1.20. The number of hydrogen-bond acceptors (Lipinski definition) is 6. The number of ether oxygens (including phenoxy) is 2. The second kappa shape index (κ2) is 13.3. The number of amides is 1. The molecule has 2 N–H and O–H groups in total. The smallest absolute Gasteiger partial charge is 0.255 e. The van der Waals surface area contributed by atoms with Gasteiger partial charge in [0.2, 0.25) is 0 Å². The molecule has 0 aromatic heterocycles. The van der Waals surface area contributed by atoms with Crippen molar-refractivity contribution >= 4 is 11.6 Å². The van der Waals surface area contributed by atoms with Crippen LogP contribution >= 0.6 is 0 Å². The summed E-state index contributed by atoms with van der Waals surface area (Å²) >= 11 is 0. The van der Waals surface area contributed by atoms with Crippen molar-refractivity contribution in [2.24, 2.45) is 0 Å². The highest BCUT2D eigenvalue weighted by molar-refractivity contribution is 6.04. The summed E-state index contributed by atoms with van der Waals surface area (Å²) < 4.78 is 13.2. The molecule has 41 heavy (non-hydrogen) atoms. The molecule has 1 amide bonds. The van der Waals surface area contributed by atoms with Crippen LogP contribution in [0.2, 0.25) is 0 Å². The molecule has 0 spiro atoms. The van der Waals surface area contributed by atoms with Crippen molar-refractivity contribution in [1.82, 2.24) is 9.80 Å². The molecule has 6 rings (SSSR count). The van der Waals surface area contributed by atoms with Crippen molar-refractivity contribution in [2.45, 2.75) is 63.3 Å². The van der Waals surface area contributed by atoms with Crippen LogP contribution in [0.4, 0.5) is 5.69 Å². The predicted molar refractivity (Wildman–Crippen MR) is 160 cm³/mol. The Morgan fingerprint density at radius 2 is 1.66 bits per heavy atom. The maximum atomic E-state index is 12.8. The number of anilines is 1. The van der Waals surface area contributed by atoms with Crippen molar-refractivity contribution in [3.8, 4) is 0 Å². The molecule has 3 aliphatic heterocycles. The van der Waals surface area contributed by atoms with Crippen LogP contribution in [0.1, 0.15) is 71.5 Å². The molecule has 3 aliphatic rings. The molecule has 0 radical (unpaired) electrons. The van der Waals surface area contributed by atoms with Crippen molar-refractivity contribution in [1.29, 1.82) is 0 Å². The minimum absolute atomic E-state index is 0.0120. The topological polar surface area (TPSA) is 74.3 Å². The molecule has 216 valence electrons. The first-order valence-electron chi connectivity index (χ1n) is 15.1. The van der Waals surface area contributed by atoms with Gasteiger partial charge in [-0.05, 0) is 80.7 Å². The lowest BCUT2D eigenvalue weighted by atomic mass is 9.99. The van der Waals surface area contributed by atoms with Gasteiger partial charge in [-0.25, -0.2) is 0 Å². The molecule has 7 heteroatoms. The van der Waals surface area contributed by atoms with E-state index >= 15 is 0 Å². The summed E-state index contributed by atoms with van der Waals surface area (Å²) in [6, 6.07) is 25.6. The first kappa shape index (κ1) is 28.1. The third-order valence-corrected chi connectivity index (χ3v) is 8.67. The summed E-state index contributed by atoms with van der Waals surface area (Å²) in [5.41, 5.74) is 4.18. The highest BCUT2D eigenvalue weighted by atomic mass is 16.7. The molecule has 3 aromatic carbocycles. The van der Waals surface area contributed by atoms with Gasteiger partial charge in [0.25, 0.3) is 5.91 Å². The Morgan fingerprint density at radius 3 is 2.44 bits per heavy atom. The summed E-state index contributed by atoms with van der Waals surface area (Å²) in [6.45, 7) is 5.62. The van der Waals surface area contributed by atoms with Gasteiger partial charge in [-0.2, -0.15) is 0 Å². The largest absolute Gasteiger partial charge is 0.392 e. The van der Waals surface area contributed by atoms with Gasteiger partial charge in [0, 0.05) is 42.4 Å². The molecular weight excluding hydrogens is 514 g/mol. The minimum atomic E-state index is -0.551. The molecule has 0 aliphatic carbocycles. The molecule has 3 heterocycles. The molecule has 0 bridgehead atoms. The number of hydrogen-bond donors (Lipinski definition) is 2. The van der Waals surface area contributed by atoms with E-state index in [-0.39, 0.29) is 24.7 Å². The normalized spacial score (nSPS) is 25.4. The van der Waals surface area contributed by atoms with E-state index in [1.165, 1.54) is 38.8 Å². The average Bonchev–Trinajstić information content (AvgIpc) is 3.70. The number of aliphatic hydroxyl groups is 1. The number of nitrogens with one attached hydrogen (secondary N) is 1. The maximum absolute atomic E-state index is 12.8. The summed E-state index contributed by atoms with van der Waals surface area (Å²) in [6.07, 6.45) is 5.22. The quantitative estimate of drug-likeness (QED) is 0.361. The summed E-state index contributed by atoms with van der Waals surface area (Å²) in [4.78, 5) is 18.0. The first-order valence-corrected chi connectivity index (χ1v) is 15.1. The molecule has 3 aromatic rings. The van der Waals surface area contributed by atoms with Crippen LogP contribution in [-0.2, 0) is 16.1 Å². The third-order valence-electron chi connectivity index (χ3n) is 8.67. The molecule has 4 atom stereocenters. The van der Waals surface area contributed by atoms with E-state index in [4.69, 9.17) is 9.47 Å². The van der Waals surface area contributed by atoms with Gasteiger partial charge in [0.15, 0.2) is 6.29 Å². The number of carbonyl (C=O) groups excluding carboxylic acids is 1. The molecule has 7 nitrogen and oxygen atoms in total. The lowest BCUT2D eigenvalue weighted by Crippen LogP contribution is -2.45. The molecule has 4 unspecified atom stereocenters. The van der Waals surface area contributed by atoms with Gasteiger partial charge < -0.3 is 24.8 Å². The highest BCUT2D eigenvalue weighted by Crippen LogP contribution is 2.39. The van der Waals surface area contributed by atoms with Crippen molar-refractivity contribution in [3.63, 3.8) is 0 Å². The lowest BCUT2D eigenvalue weighted by Gasteiger charge is -2.39. The van der Waals surface area contributed by atoms with Crippen LogP contribution in [0, 0.1) is 0 Å². The third kappa shape index (κ3) is 7.05. The van der Waals surface area contributed by atoms with Gasteiger partial charge in [-0.1, -0.05) is 54.6 Å². The Morgan fingerprint density at radius 1 is 0.854 bits per heavy atom. The fraction of sp³-hybridized carbons (Fsp3) is 0.441. The second-order valence-corrected chi connectivity index (χ2v) is 11.6. The number of aliphatic hydroxyl groups excluding tert-OH is 1. The van der Waals surface area contributed by atoms with Crippen molar-refractivity contribution < 1.29 is 19.4 Å². The summed E-state index contributed by atoms with van der Waals surface area (Å²) in [5.74, 6) is -0.147. The van der Waals surface area contributed by atoms with Gasteiger partial charge >= 0.3 is 0 Å². The summed E-state index contributed by atoms with van der Waals surface area (Å²) in [7, 11) is 0.